The molecule has 0 spiro atoms. The van der Waals surface area contributed by atoms with E-state index < -0.39 is 17.9 Å². The van der Waals surface area contributed by atoms with E-state index in [1.165, 1.54) is 0 Å². The number of amides is 2. The normalized spacial score (nSPS) is 18.3. The molecule has 0 bridgehead atoms. The minimum absolute atomic E-state index is 0.198. The molecule has 24 heavy (non-hydrogen) atoms. The Balaban J connectivity index is 2.10. The first kappa shape index (κ1) is 18.0. The van der Waals surface area contributed by atoms with E-state index in [0.717, 1.165) is 11.1 Å². The summed E-state index contributed by atoms with van der Waals surface area (Å²) < 4.78 is 0. The van der Waals surface area contributed by atoms with E-state index in [2.05, 4.69) is 10.6 Å². The monoisotopic (exact) mass is 332 g/mol. The first-order valence-corrected chi connectivity index (χ1v) is 8.23. The van der Waals surface area contributed by atoms with Crippen molar-refractivity contribution >= 4 is 17.8 Å². The average molecular weight is 332 g/mol. The number of fused-ring (bicyclic) bond motifs is 1. The highest BCUT2D eigenvalue weighted by atomic mass is 16.4. The van der Waals surface area contributed by atoms with Crippen LogP contribution in [0, 0.1) is 11.8 Å². The lowest BCUT2D eigenvalue weighted by molar-refractivity contribution is -0.141. The third-order valence-electron chi connectivity index (χ3n) is 4.18. The SMILES string of the molecule is CC(C)CC(CC(=O)O)C(=O)N[C@H]1Cc2ccccc2CNC1=O. The molecule has 0 aliphatic carbocycles. The molecule has 0 aromatic heterocycles. The summed E-state index contributed by atoms with van der Waals surface area (Å²) in [6.45, 7) is 4.32. The van der Waals surface area contributed by atoms with E-state index >= 15 is 0 Å². The highest BCUT2D eigenvalue weighted by Gasteiger charge is 2.29. The lowest BCUT2D eigenvalue weighted by Gasteiger charge is -2.21. The van der Waals surface area contributed by atoms with Crippen molar-refractivity contribution in [2.24, 2.45) is 11.8 Å². The van der Waals surface area contributed by atoms with Crippen LogP contribution in [0.5, 0.6) is 0 Å². The molecule has 1 aliphatic rings. The Kier molecular flexibility index (Phi) is 5.95. The van der Waals surface area contributed by atoms with Gasteiger partial charge in [-0.15, -0.1) is 0 Å². The van der Waals surface area contributed by atoms with Gasteiger partial charge >= 0.3 is 5.97 Å². The van der Waals surface area contributed by atoms with E-state index in [-0.39, 0.29) is 24.2 Å². The van der Waals surface area contributed by atoms with Crippen LogP contribution in [0.15, 0.2) is 24.3 Å². The van der Waals surface area contributed by atoms with Crippen molar-refractivity contribution in [1.29, 1.82) is 0 Å². The van der Waals surface area contributed by atoms with E-state index in [1.807, 2.05) is 38.1 Å². The summed E-state index contributed by atoms with van der Waals surface area (Å²) in [6, 6.07) is 7.03. The van der Waals surface area contributed by atoms with Crippen LogP contribution in [0.3, 0.4) is 0 Å². The Hall–Kier alpha value is -2.37. The van der Waals surface area contributed by atoms with Crippen molar-refractivity contribution in [3.05, 3.63) is 35.4 Å². The first-order chi connectivity index (χ1) is 11.4. The fourth-order valence-corrected chi connectivity index (χ4v) is 3.02. The number of carbonyl (C=O) groups excluding carboxylic acids is 2. The molecule has 2 atom stereocenters. The van der Waals surface area contributed by atoms with Gasteiger partial charge in [-0.1, -0.05) is 38.1 Å². The Labute approximate surface area is 141 Å². The molecule has 6 nitrogen and oxygen atoms in total. The molecule has 6 heteroatoms. The maximum absolute atomic E-state index is 12.5. The van der Waals surface area contributed by atoms with Gasteiger partial charge in [0.05, 0.1) is 6.42 Å². The zero-order valence-corrected chi connectivity index (χ0v) is 14.0. The molecule has 1 heterocycles. The Morgan fingerprint density at radius 2 is 1.96 bits per heavy atom. The van der Waals surface area contributed by atoms with Gasteiger partial charge in [-0.2, -0.15) is 0 Å². The highest BCUT2D eigenvalue weighted by molar-refractivity contribution is 5.90. The maximum Gasteiger partial charge on any atom is 0.304 e. The fourth-order valence-electron chi connectivity index (χ4n) is 3.02. The van der Waals surface area contributed by atoms with Crippen LogP contribution in [-0.4, -0.2) is 28.9 Å². The molecule has 1 aromatic carbocycles. The zero-order chi connectivity index (χ0) is 17.7. The summed E-state index contributed by atoms with van der Waals surface area (Å²) in [6.07, 6.45) is 0.660. The van der Waals surface area contributed by atoms with Crippen molar-refractivity contribution in [3.8, 4) is 0 Å². The molecular weight excluding hydrogens is 308 g/mol. The summed E-state index contributed by atoms with van der Waals surface area (Å²) in [5, 5.41) is 14.6. The van der Waals surface area contributed by atoms with Gasteiger partial charge in [-0.25, -0.2) is 0 Å². The smallest absolute Gasteiger partial charge is 0.304 e. The number of benzene rings is 1. The molecule has 1 aliphatic heterocycles. The third kappa shape index (κ3) is 4.81. The standard InChI is InChI=1S/C18H24N2O4/c1-11(2)7-14(9-16(21)22)17(23)20-15-8-12-5-3-4-6-13(12)10-19-18(15)24/h3-6,11,14-15H,7-10H2,1-2H3,(H,19,24)(H,20,23)(H,21,22)/t14?,15-/m0/s1. The summed E-state index contributed by atoms with van der Waals surface area (Å²) in [7, 11) is 0. The number of rotatable bonds is 6. The second-order valence-electron chi connectivity index (χ2n) is 6.68. The summed E-state index contributed by atoms with van der Waals surface area (Å²) >= 11 is 0. The predicted molar refractivity (Wildman–Crippen MR) is 89.1 cm³/mol. The van der Waals surface area contributed by atoms with Gasteiger partial charge in [-0.3, -0.25) is 14.4 Å². The Morgan fingerprint density at radius 3 is 2.58 bits per heavy atom. The fraction of sp³-hybridized carbons (Fsp3) is 0.500. The number of carbonyl (C=O) groups is 3. The molecule has 0 saturated heterocycles. The van der Waals surface area contributed by atoms with Crippen molar-refractivity contribution < 1.29 is 19.5 Å². The molecule has 2 rings (SSSR count). The average Bonchev–Trinajstić information content (AvgIpc) is 2.66. The van der Waals surface area contributed by atoms with E-state index in [4.69, 9.17) is 5.11 Å². The van der Waals surface area contributed by atoms with Gasteiger partial charge in [0.2, 0.25) is 11.8 Å². The zero-order valence-electron chi connectivity index (χ0n) is 14.0. The molecule has 0 fully saturated rings. The van der Waals surface area contributed by atoms with Crippen molar-refractivity contribution in [2.75, 3.05) is 0 Å². The number of hydrogen-bond acceptors (Lipinski definition) is 3. The van der Waals surface area contributed by atoms with Crippen LogP contribution in [-0.2, 0) is 27.3 Å². The van der Waals surface area contributed by atoms with Gasteiger partial charge in [0, 0.05) is 18.9 Å². The molecule has 0 saturated carbocycles. The molecule has 1 aromatic rings. The molecule has 2 amide bonds. The molecule has 0 radical (unpaired) electrons. The van der Waals surface area contributed by atoms with Crippen molar-refractivity contribution in [1.82, 2.24) is 10.6 Å². The van der Waals surface area contributed by atoms with E-state index in [0.29, 0.717) is 19.4 Å². The summed E-state index contributed by atoms with van der Waals surface area (Å²) in [4.78, 5) is 35.8. The topological polar surface area (TPSA) is 95.5 Å². The molecule has 3 N–H and O–H groups in total. The summed E-state index contributed by atoms with van der Waals surface area (Å²) in [5.41, 5.74) is 2.05. The van der Waals surface area contributed by atoms with Crippen LogP contribution in [0.2, 0.25) is 0 Å². The third-order valence-corrected chi connectivity index (χ3v) is 4.18. The first-order valence-electron chi connectivity index (χ1n) is 8.23. The quantitative estimate of drug-likeness (QED) is 0.735. The highest BCUT2D eigenvalue weighted by Crippen LogP contribution is 2.18. The predicted octanol–water partition coefficient (Wildman–Crippen LogP) is 1.48. The number of carboxylic acid groups (broad SMARTS) is 1. The van der Waals surface area contributed by atoms with Crippen LogP contribution >= 0.6 is 0 Å². The summed E-state index contributed by atoms with van der Waals surface area (Å²) in [5.74, 6) is -2.05. The van der Waals surface area contributed by atoms with Crippen molar-refractivity contribution in [3.63, 3.8) is 0 Å². The number of hydrogen-bond donors (Lipinski definition) is 3. The minimum atomic E-state index is -1.01. The Bertz CT molecular complexity index is 627. The van der Waals surface area contributed by atoms with Gasteiger partial charge in [0.1, 0.15) is 6.04 Å². The van der Waals surface area contributed by atoms with Gasteiger partial charge in [0.15, 0.2) is 0 Å². The van der Waals surface area contributed by atoms with E-state index in [1.54, 1.807) is 0 Å². The lowest BCUT2D eigenvalue weighted by Crippen LogP contribution is -2.48. The lowest BCUT2D eigenvalue weighted by atomic mass is 9.92. The van der Waals surface area contributed by atoms with Gasteiger partial charge < -0.3 is 15.7 Å². The van der Waals surface area contributed by atoms with Crippen LogP contribution in [0.1, 0.15) is 37.8 Å². The minimum Gasteiger partial charge on any atom is -0.481 e. The van der Waals surface area contributed by atoms with Crippen molar-refractivity contribution in [2.45, 2.75) is 45.7 Å². The molecule has 130 valence electrons. The number of nitrogens with one attached hydrogen (secondary N) is 2. The van der Waals surface area contributed by atoms with E-state index in [9.17, 15) is 14.4 Å². The number of carboxylic acids is 1. The maximum atomic E-state index is 12.5. The molecular formula is C18H24N2O4. The Morgan fingerprint density at radius 1 is 1.29 bits per heavy atom. The number of aliphatic carboxylic acids is 1. The van der Waals surface area contributed by atoms with Gasteiger partial charge in [0.25, 0.3) is 0 Å². The second kappa shape index (κ2) is 7.95. The largest absolute Gasteiger partial charge is 0.481 e. The van der Waals surface area contributed by atoms with Crippen LogP contribution < -0.4 is 10.6 Å². The van der Waals surface area contributed by atoms with Gasteiger partial charge in [-0.05, 0) is 23.5 Å². The molecule has 1 unspecified atom stereocenters. The van der Waals surface area contributed by atoms with Crippen LogP contribution in [0.4, 0.5) is 0 Å². The second-order valence-corrected chi connectivity index (χ2v) is 6.68. The van der Waals surface area contributed by atoms with Crippen LogP contribution in [0.25, 0.3) is 0 Å².